The van der Waals surface area contributed by atoms with E-state index in [1.807, 2.05) is 6.07 Å². The Morgan fingerprint density at radius 3 is 3.07 bits per heavy atom. The van der Waals surface area contributed by atoms with Gasteiger partial charge in [0.15, 0.2) is 0 Å². The number of unbranched alkanes of at least 4 members (excludes halogenated alkanes) is 2. The summed E-state index contributed by atoms with van der Waals surface area (Å²) in [5, 5.41) is 4.90. The molecule has 0 saturated carbocycles. The number of Topliss-reactive ketones (excluding diaryl/α,β-unsaturated/α-hetero) is 1. The van der Waals surface area contributed by atoms with Gasteiger partial charge >= 0.3 is 0 Å². The predicted octanol–water partition coefficient (Wildman–Crippen LogP) is 5.04. The molecule has 0 unspecified atom stereocenters. The van der Waals surface area contributed by atoms with E-state index in [9.17, 15) is 4.79 Å². The number of halogens is 1. The van der Waals surface area contributed by atoms with Crippen LogP contribution in [0, 0.1) is 0 Å². The highest BCUT2D eigenvalue weighted by Crippen LogP contribution is 2.42. The number of rotatable bonds is 9. The van der Waals surface area contributed by atoms with Gasteiger partial charge in [0.05, 0.1) is 10.9 Å². The van der Waals surface area contributed by atoms with Crippen molar-refractivity contribution in [1.82, 2.24) is 15.3 Å². The molecule has 0 fully saturated rings. The molecule has 4 heterocycles. The van der Waals surface area contributed by atoms with Crippen molar-refractivity contribution in [2.75, 3.05) is 20.3 Å². The molecule has 0 atom stereocenters. The van der Waals surface area contributed by atoms with Crippen molar-refractivity contribution in [3.05, 3.63) is 32.7 Å². The van der Waals surface area contributed by atoms with Gasteiger partial charge in [0.1, 0.15) is 21.5 Å². The quantitative estimate of drug-likeness (QED) is 0.366. The summed E-state index contributed by atoms with van der Waals surface area (Å²) in [5.41, 5.74) is 3.39. The van der Waals surface area contributed by atoms with Crippen LogP contribution in [0.2, 0.25) is 5.15 Å². The van der Waals surface area contributed by atoms with Crippen LogP contribution in [0.25, 0.3) is 20.8 Å². The van der Waals surface area contributed by atoms with Crippen molar-refractivity contribution >= 4 is 50.3 Å². The van der Waals surface area contributed by atoms with E-state index >= 15 is 0 Å². The number of aromatic nitrogens is 2. The molecule has 4 rings (SSSR count). The molecular weight excluding hydrogens is 426 g/mol. The summed E-state index contributed by atoms with van der Waals surface area (Å²) < 4.78 is 6.11. The SMILES string of the molecule is COCCCCCC(=O)Cc1sc2c(c1-c1nc3cnc(Cl)cc3s1)CCNC2. The molecule has 3 aromatic heterocycles. The van der Waals surface area contributed by atoms with Gasteiger partial charge in [0, 0.05) is 48.4 Å². The van der Waals surface area contributed by atoms with Gasteiger partial charge in [0.25, 0.3) is 0 Å². The lowest BCUT2D eigenvalue weighted by atomic mass is 10.00. The second kappa shape index (κ2) is 9.62. The zero-order valence-electron chi connectivity index (χ0n) is 16.4. The van der Waals surface area contributed by atoms with Gasteiger partial charge in [-0.1, -0.05) is 18.0 Å². The van der Waals surface area contributed by atoms with Gasteiger partial charge in [0.2, 0.25) is 0 Å². The van der Waals surface area contributed by atoms with Crippen LogP contribution >= 0.6 is 34.3 Å². The van der Waals surface area contributed by atoms with Gasteiger partial charge in [-0.15, -0.1) is 22.7 Å². The molecule has 154 valence electrons. The number of thiazole rings is 1. The minimum Gasteiger partial charge on any atom is -0.385 e. The van der Waals surface area contributed by atoms with Crippen molar-refractivity contribution in [3.8, 4) is 10.6 Å². The highest BCUT2D eigenvalue weighted by molar-refractivity contribution is 7.22. The largest absolute Gasteiger partial charge is 0.385 e. The van der Waals surface area contributed by atoms with Gasteiger partial charge < -0.3 is 10.1 Å². The van der Waals surface area contributed by atoms with E-state index in [4.69, 9.17) is 21.3 Å². The molecule has 3 aromatic rings. The first kappa shape index (κ1) is 20.9. The van der Waals surface area contributed by atoms with E-state index in [0.29, 0.717) is 23.8 Å². The number of nitrogens with zero attached hydrogens (tertiary/aromatic N) is 2. The fraction of sp³-hybridized carbons (Fsp3) is 0.476. The molecule has 29 heavy (non-hydrogen) atoms. The van der Waals surface area contributed by atoms with Crippen molar-refractivity contribution in [2.24, 2.45) is 0 Å². The lowest BCUT2D eigenvalue weighted by Gasteiger charge is -2.13. The predicted molar refractivity (Wildman–Crippen MR) is 120 cm³/mol. The number of hydrogen-bond acceptors (Lipinski definition) is 7. The van der Waals surface area contributed by atoms with Crippen LogP contribution in [-0.2, 0) is 28.9 Å². The Morgan fingerprint density at radius 2 is 2.21 bits per heavy atom. The highest BCUT2D eigenvalue weighted by atomic mass is 35.5. The monoisotopic (exact) mass is 449 g/mol. The smallest absolute Gasteiger partial charge is 0.138 e. The fourth-order valence-electron chi connectivity index (χ4n) is 3.69. The number of nitrogens with one attached hydrogen (secondary N) is 1. The van der Waals surface area contributed by atoms with E-state index in [1.54, 1.807) is 36.0 Å². The third-order valence-corrected chi connectivity index (χ3v) is 7.59. The number of hydrogen-bond donors (Lipinski definition) is 1. The number of ether oxygens (including phenoxy) is 1. The molecule has 0 bridgehead atoms. The molecule has 1 aliphatic heterocycles. The van der Waals surface area contributed by atoms with Gasteiger partial charge in [-0.05, 0) is 37.4 Å². The molecule has 0 aliphatic carbocycles. The Kier molecular flexibility index (Phi) is 6.92. The number of thiophene rings is 1. The molecule has 1 N–H and O–H groups in total. The molecule has 0 spiro atoms. The Hall–Kier alpha value is -1.38. The third kappa shape index (κ3) is 4.86. The maximum absolute atomic E-state index is 12.7. The number of carbonyl (C=O) groups excluding carboxylic acids is 1. The first-order valence-corrected chi connectivity index (χ1v) is 11.9. The van der Waals surface area contributed by atoms with Crippen molar-refractivity contribution < 1.29 is 9.53 Å². The summed E-state index contributed by atoms with van der Waals surface area (Å²) >= 11 is 9.46. The third-order valence-electron chi connectivity index (χ3n) is 5.12. The summed E-state index contributed by atoms with van der Waals surface area (Å²) in [6, 6.07) is 1.86. The summed E-state index contributed by atoms with van der Waals surface area (Å²) in [7, 11) is 1.71. The van der Waals surface area contributed by atoms with E-state index < -0.39 is 0 Å². The Balaban J connectivity index is 1.59. The van der Waals surface area contributed by atoms with E-state index in [-0.39, 0.29) is 0 Å². The number of ketones is 1. The molecule has 8 heteroatoms. The van der Waals surface area contributed by atoms with Crippen LogP contribution in [0.5, 0.6) is 0 Å². The Bertz CT molecular complexity index is 1010. The standard InChI is InChI=1S/C21H24ClN3O2S2/c1-27-8-4-2-3-5-13(26)9-17-20(14-6-7-23-12-18(14)28-17)21-25-15-11-24-19(22)10-16(15)29-21/h10-11,23H,2-9,12H2,1H3. The molecule has 0 saturated heterocycles. The molecular formula is C21H24ClN3O2S2. The zero-order valence-corrected chi connectivity index (χ0v) is 18.8. The average Bonchev–Trinajstić information content (AvgIpc) is 3.27. The van der Waals surface area contributed by atoms with Crippen LogP contribution in [0.15, 0.2) is 12.3 Å². The minimum absolute atomic E-state index is 0.307. The number of carbonyl (C=O) groups is 1. The highest BCUT2D eigenvalue weighted by Gasteiger charge is 2.25. The summed E-state index contributed by atoms with van der Waals surface area (Å²) in [6.45, 7) is 2.60. The number of methoxy groups -OCH3 is 1. The van der Waals surface area contributed by atoms with Crippen molar-refractivity contribution in [3.63, 3.8) is 0 Å². The maximum atomic E-state index is 12.7. The molecule has 0 radical (unpaired) electrons. The topological polar surface area (TPSA) is 64.1 Å². The van der Waals surface area contributed by atoms with E-state index in [2.05, 4.69) is 10.3 Å². The van der Waals surface area contributed by atoms with Crippen LogP contribution < -0.4 is 5.32 Å². The second-order valence-electron chi connectivity index (χ2n) is 7.24. The van der Waals surface area contributed by atoms with Crippen LogP contribution in [0.1, 0.15) is 41.0 Å². The van der Waals surface area contributed by atoms with E-state index in [0.717, 1.165) is 65.5 Å². The van der Waals surface area contributed by atoms with Crippen molar-refractivity contribution in [2.45, 2.75) is 45.1 Å². The number of pyridine rings is 1. The maximum Gasteiger partial charge on any atom is 0.138 e. The van der Waals surface area contributed by atoms with Crippen molar-refractivity contribution in [1.29, 1.82) is 0 Å². The van der Waals surface area contributed by atoms with E-state index in [1.165, 1.54) is 16.0 Å². The first-order chi connectivity index (χ1) is 14.2. The Labute approximate surface area is 183 Å². The lowest BCUT2D eigenvalue weighted by molar-refractivity contribution is -0.118. The average molecular weight is 450 g/mol. The fourth-order valence-corrected chi connectivity index (χ4v) is 6.41. The summed E-state index contributed by atoms with van der Waals surface area (Å²) in [4.78, 5) is 24.1. The van der Waals surface area contributed by atoms with Gasteiger partial charge in [-0.25, -0.2) is 9.97 Å². The van der Waals surface area contributed by atoms with Gasteiger partial charge in [-0.3, -0.25) is 4.79 Å². The lowest BCUT2D eigenvalue weighted by Crippen LogP contribution is -2.22. The minimum atomic E-state index is 0.307. The molecule has 0 aromatic carbocycles. The van der Waals surface area contributed by atoms with Crippen LogP contribution in [0.3, 0.4) is 0 Å². The van der Waals surface area contributed by atoms with Crippen LogP contribution in [-0.4, -0.2) is 36.0 Å². The number of fused-ring (bicyclic) bond motifs is 2. The molecule has 0 amide bonds. The Morgan fingerprint density at radius 1 is 1.31 bits per heavy atom. The summed E-state index contributed by atoms with van der Waals surface area (Å²) in [6.07, 6.45) is 6.79. The zero-order chi connectivity index (χ0) is 20.2. The second-order valence-corrected chi connectivity index (χ2v) is 9.85. The first-order valence-electron chi connectivity index (χ1n) is 9.93. The molecule has 1 aliphatic rings. The molecule has 5 nitrogen and oxygen atoms in total. The van der Waals surface area contributed by atoms with Gasteiger partial charge in [-0.2, -0.15) is 0 Å². The van der Waals surface area contributed by atoms with Crippen LogP contribution in [0.4, 0.5) is 0 Å². The summed E-state index contributed by atoms with van der Waals surface area (Å²) in [5.74, 6) is 0.307. The normalized spacial score (nSPS) is 13.7.